The molecule has 0 amide bonds. The summed E-state index contributed by atoms with van der Waals surface area (Å²) in [5, 5.41) is 1.89. The van der Waals surface area contributed by atoms with E-state index in [9.17, 15) is 18.9 Å². The second kappa shape index (κ2) is 6.11. The van der Waals surface area contributed by atoms with Gasteiger partial charge in [0.25, 0.3) is 0 Å². The van der Waals surface area contributed by atoms with Crippen LogP contribution in [0, 0.1) is 0 Å². The molecular weight excluding hydrogens is 244 g/mol. The number of rotatable bonds is 2. The van der Waals surface area contributed by atoms with Gasteiger partial charge in [-0.2, -0.15) is 0 Å². The van der Waals surface area contributed by atoms with Gasteiger partial charge in [0.1, 0.15) is 0 Å². The van der Waals surface area contributed by atoms with Crippen molar-refractivity contribution in [3.05, 3.63) is 0 Å². The summed E-state index contributed by atoms with van der Waals surface area (Å²) in [4.78, 5) is 20.5. The molecule has 0 N–H and O–H groups in total. The van der Waals surface area contributed by atoms with Crippen LogP contribution in [0.25, 0.3) is 0 Å². The summed E-state index contributed by atoms with van der Waals surface area (Å²) in [6, 6.07) is 0. The molecule has 0 aromatic rings. The van der Waals surface area contributed by atoms with Gasteiger partial charge in [0.2, 0.25) is 0 Å². The van der Waals surface area contributed by atoms with E-state index in [0.717, 1.165) is 6.92 Å². The fraction of sp³-hybridized carbons (Fsp3) is 1.00. The van der Waals surface area contributed by atoms with E-state index in [4.69, 9.17) is 0 Å². The van der Waals surface area contributed by atoms with Crippen molar-refractivity contribution in [2.75, 3.05) is 0 Å². The molecule has 0 saturated carbocycles. The van der Waals surface area contributed by atoms with Crippen LogP contribution in [0.5, 0.6) is 0 Å². The zero-order valence-corrected chi connectivity index (χ0v) is 13.1. The van der Waals surface area contributed by atoms with Crippen molar-refractivity contribution < 1.29 is 92.4 Å². The van der Waals surface area contributed by atoms with Crippen LogP contribution in [0.2, 0.25) is 0 Å². The predicted octanol–water partition coefficient (Wildman–Crippen LogP) is -6.66. The molecule has 1 atom stereocenters. The number of hydrogen-bond acceptors (Lipinski definition) is 7. The molecule has 0 aliphatic carbocycles. The van der Waals surface area contributed by atoms with Gasteiger partial charge in [-0.25, -0.2) is 0 Å². The minimum atomic E-state index is -4.94. The molecule has 0 spiro atoms. The first-order valence-corrected chi connectivity index (χ1v) is 5.75. The van der Waals surface area contributed by atoms with E-state index in [2.05, 4.69) is 14.4 Å². The third kappa shape index (κ3) is 4.33. The Balaban J connectivity index is 0. The second-order valence-electron chi connectivity index (χ2n) is 1.93. The standard InChI is InChI=1S/C2H6O7P2.2Na/c1-2(10(3,4)5)11(6)8-7-9-11;;/h2H,1H3,(H2,3,4,5);;/q;2*+1/p-2. The van der Waals surface area contributed by atoms with Gasteiger partial charge in [-0.05, 0) is 6.92 Å². The fourth-order valence-corrected chi connectivity index (χ4v) is 2.43. The molecule has 13 heavy (non-hydrogen) atoms. The minimum Gasteiger partial charge on any atom is -0.810 e. The molecule has 1 fully saturated rings. The molecule has 0 bridgehead atoms. The van der Waals surface area contributed by atoms with Crippen LogP contribution in [0.3, 0.4) is 0 Å². The van der Waals surface area contributed by atoms with Crippen LogP contribution in [0.15, 0.2) is 0 Å². The van der Waals surface area contributed by atoms with Crippen molar-refractivity contribution in [3.63, 3.8) is 0 Å². The quantitative estimate of drug-likeness (QED) is 0.271. The van der Waals surface area contributed by atoms with Crippen LogP contribution < -0.4 is 68.9 Å². The van der Waals surface area contributed by atoms with E-state index in [0.29, 0.717) is 0 Å². The van der Waals surface area contributed by atoms with Gasteiger partial charge in [-0.3, -0.25) is 4.57 Å². The maximum Gasteiger partial charge on any atom is 1.00 e. The molecule has 66 valence electrons. The van der Waals surface area contributed by atoms with Crippen LogP contribution >= 0.6 is 15.2 Å². The van der Waals surface area contributed by atoms with Gasteiger partial charge in [0.05, 0.1) is 5.40 Å². The molecule has 1 aliphatic rings. The third-order valence-corrected chi connectivity index (χ3v) is 5.25. The van der Waals surface area contributed by atoms with Gasteiger partial charge in [-0.1, -0.05) is 12.6 Å². The van der Waals surface area contributed by atoms with E-state index in [1.165, 1.54) is 0 Å². The molecule has 1 rings (SSSR count). The third-order valence-electron chi connectivity index (χ3n) is 1.18. The van der Waals surface area contributed by atoms with Crippen molar-refractivity contribution in [1.82, 2.24) is 0 Å². The van der Waals surface area contributed by atoms with Crippen molar-refractivity contribution in [1.29, 1.82) is 0 Å². The molecule has 1 aliphatic heterocycles. The molecule has 1 saturated heterocycles. The smallest absolute Gasteiger partial charge is 0.810 e. The average Bonchev–Trinajstić information content (AvgIpc) is 1.79. The van der Waals surface area contributed by atoms with E-state index < -0.39 is 20.6 Å². The van der Waals surface area contributed by atoms with Gasteiger partial charge < -0.3 is 14.4 Å². The maximum absolute atomic E-state index is 10.9. The maximum atomic E-state index is 10.9. The van der Waals surface area contributed by atoms with E-state index in [-0.39, 0.29) is 59.1 Å². The summed E-state index contributed by atoms with van der Waals surface area (Å²) in [6.07, 6.45) is 0. The Labute approximate surface area is 119 Å². The van der Waals surface area contributed by atoms with E-state index >= 15 is 0 Å². The Morgan fingerprint density at radius 2 is 1.69 bits per heavy atom. The molecule has 1 unspecified atom stereocenters. The molecule has 1 heterocycles. The van der Waals surface area contributed by atoms with Crippen molar-refractivity contribution >= 4 is 15.2 Å². The van der Waals surface area contributed by atoms with Crippen LogP contribution in [-0.4, -0.2) is 5.40 Å². The van der Waals surface area contributed by atoms with Crippen molar-refractivity contribution in [2.24, 2.45) is 0 Å². The zero-order valence-electron chi connectivity index (χ0n) is 7.33. The number of hydrogen-bond donors (Lipinski definition) is 0. The van der Waals surface area contributed by atoms with Crippen LogP contribution in [0.4, 0.5) is 0 Å². The van der Waals surface area contributed by atoms with E-state index in [1.54, 1.807) is 0 Å². The topological polar surface area (TPSA) is 108 Å². The Morgan fingerprint density at radius 1 is 1.31 bits per heavy atom. The first kappa shape index (κ1) is 17.6. The summed E-state index contributed by atoms with van der Waals surface area (Å²) in [7, 11) is -8.75. The minimum absolute atomic E-state index is 0. The Hall–Kier alpha value is 2.26. The normalized spacial score (nSPS) is 21.8. The monoisotopic (exact) mass is 248 g/mol. The average molecular weight is 248 g/mol. The van der Waals surface area contributed by atoms with Gasteiger partial charge in [-0.15, -0.1) is 9.35 Å². The second-order valence-corrected chi connectivity index (χ2v) is 6.34. The zero-order chi connectivity index (χ0) is 8.70. The Bertz CT molecular complexity index is 241. The van der Waals surface area contributed by atoms with Crippen molar-refractivity contribution in [3.8, 4) is 0 Å². The molecule has 0 aromatic heterocycles. The fourth-order valence-electron chi connectivity index (χ4n) is 0.388. The first-order chi connectivity index (χ1) is 4.86. The summed E-state index contributed by atoms with van der Waals surface area (Å²) >= 11 is 0. The van der Waals surface area contributed by atoms with Gasteiger partial charge in [0.15, 0.2) is 0 Å². The molecule has 7 nitrogen and oxygen atoms in total. The van der Waals surface area contributed by atoms with Gasteiger partial charge in [0, 0.05) is 0 Å². The first-order valence-electron chi connectivity index (χ1n) is 2.52. The SMILES string of the molecule is CC(P(=O)([O-])[O-])P1(=O)OOO1.[Na+].[Na+]. The molecule has 0 radical (unpaired) electrons. The summed E-state index contributed by atoms with van der Waals surface area (Å²) < 4.78 is 28.9. The van der Waals surface area contributed by atoms with Crippen LogP contribution in [-0.2, 0) is 23.5 Å². The van der Waals surface area contributed by atoms with E-state index in [1.807, 2.05) is 0 Å². The largest absolute Gasteiger partial charge is 1.00 e. The molecule has 0 aromatic carbocycles. The predicted molar refractivity (Wildman–Crippen MR) is 27.9 cm³/mol. The summed E-state index contributed by atoms with van der Waals surface area (Å²) in [5.74, 6) is 0. The molecular formula is C2H4Na2O7P2. The summed E-state index contributed by atoms with van der Waals surface area (Å²) in [6.45, 7) is 0.935. The van der Waals surface area contributed by atoms with Crippen LogP contribution in [0.1, 0.15) is 6.92 Å². The van der Waals surface area contributed by atoms with Gasteiger partial charge >= 0.3 is 66.7 Å². The Morgan fingerprint density at radius 3 is 1.77 bits per heavy atom. The summed E-state index contributed by atoms with van der Waals surface area (Å²) in [5.41, 5.74) is 0. The van der Waals surface area contributed by atoms with Crippen molar-refractivity contribution in [2.45, 2.75) is 12.3 Å². The Kier molecular flexibility index (Phi) is 8.29. The molecule has 11 heteroatoms.